The monoisotopic (exact) mass is 411 g/mol. The Morgan fingerprint density at radius 1 is 1.07 bits per heavy atom. The molecule has 7 heteroatoms. The fraction of sp³-hybridized carbons (Fsp3) is 0.273. The Labute approximate surface area is 173 Å². The van der Waals surface area contributed by atoms with Crippen molar-refractivity contribution in [3.05, 3.63) is 64.8 Å². The number of nitrogens with zero attached hydrogens (tertiary/aromatic N) is 3. The first kappa shape index (κ1) is 19.5. The van der Waals surface area contributed by atoms with Crippen molar-refractivity contribution in [3.63, 3.8) is 0 Å². The highest BCUT2D eigenvalue weighted by Gasteiger charge is 2.29. The summed E-state index contributed by atoms with van der Waals surface area (Å²) < 4.78 is 19.7. The highest BCUT2D eigenvalue weighted by atomic mass is 32.2. The molecule has 0 saturated carbocycles. The first-order valence-electron chi connectivity index (χ1n) is 9.64. The molecule has 29 heavy (non-hydrogen) atoms. The molecule has 2 aromatic carbocycles. The van der Waals surface area contributed by atoms with Crippen molar-refractivity contribution in [2.24, 2.45) is 4.99 Å². The van der Waals surface area contributed by atoms with Crippen LogP contribution in [0.5, 0.6) is 5.75 Å². The van der Waals surface area contributed by atoms with Crippen LogP contribution in [0.25, 0.3) is 6.08 Å². The lowest BCUT2D eigenvalue weighted by Crippen LogP contribution is -2.48. The number of halogens is 1. The largest absolute Gasteiger partial charge is 0.493 e. The highest BCUT2D eigenvalue weighted by Crippen LogP contribution is 2.33. The number of para-hydroxylation sites is 2. The van der Waals surface area contributed by atoms with Crippen molar-refractivity contribution in [2.45, 2.75) is 6.92 Å². The smallest absolute Gasteiger partial charge is 0.286 e. The molecule has 0 spiro atoms. The summed E-state index contributed by atoms with van der Waals surface area (Å²) in [5, 5.41) is 0.711. The molecule has 0 bridgehead atoms. The van der Waals surface area contributed by atoms with E-state index in [1.54, 1.807) is 12.1 Å². The number of anilines is 1. The van der Waals surface area contributed by atoms with Gasteiger partial charge in [-0.3, -0.25) is 4.79 Å². The summed E-state index contributed by atoms with van der Waals surface area (Å²) >= 11 is 1.39. The van der Waals surface area contributed by atoms with Crippen LogP contribution in [0.3, 0.4) is 0 Å². The Bertz CT molecular complexity index is 968. The fourth-order valence-corrected chi connectivity index (χ4v) is 4.36. The topological polar surface area (TPSA) is 45.1 Å². The van der Waals surface area contributed by atoms with E-state index in [4.69, 9.17) is 4.74 Å². The van der Waals surface area contributed by atoms with Gasteiger partial charge in [0.2, 0.25) is 0 Å². The maximum Gasteiger partial charge on any atom is 0.286 e. The zero-order valence-corrected chi connectivity index (χ0v) is 17.0. The van der Waals surface area contributed by atoms with E-state index in [2.05, 4.69) is 9.89 Å². The molecule has 1 amide bonds. The van der Waals surface area contributed by atoms with E-state index in [0.717, 1.165) is 11.3 Å². The minimum Gasteiger partial charge on any atom is -0.493 e. The van der Waals surface area contributed by atoms with E-state index in [-0.39, 0.29) is 11.7 Å². The highest BCUT2D eigenvalue weighted by molar-refractivity contribution is 8.18. The molecule has 1 fully saturated rings. The summed E-state index contributed by atoms with van der Waals surface area (Å²) in [6.07, 6.45) is 1.84. The maximum absolute atomic E-state index is 14.0. The van der Waals surface area contributed by atoms with Crippen LogP contribution < -0.4 is 9.64 Å². The summed E-state index contributed by atoms with van der Waals surface area (Å²) in [6.45, 7) is 5.24. The third-order valence-corrected chi connectivity index (χ3v) is 5.90. The van der Waals surface area contributed by atoms with Crippen LogP contribution in [0, 0.1) is 5.82 Å². The number of hydrogen-bond donors (Lipinski definition) is 0. The van der Waals surface area contributed by atoms with E-state index in [9.17, 15) is 9.18 Å². The number of rotatable bonds is 4. The zero-order valence-electron chi connectivity index (χ0n) is 16.2. The molecule has 0 aromatic heterocycles. The molecule has 0 radical (unpaired) electrons. The summed E-state index contributed by atoms with van der Waals surface area (Å²) in [6, 6.07) is 14.5. The molecule has 2 aliphatic heterocycles. The maximum atomic E-state index is 14.0. The minimum absolute atomic E-state index is 0.207. The number of aliphatic imine (C=N–C) groups is 1. The molecule has 2 aromatic rings. The van der Waals surface area contributed by atoms with E-state index in [0.29, 0.717) is 48.5 Å². The van der Waals surface area contributed by atoms with Crippen LogP contribution in [0.2, 0.25) is 0 Å². The minimum atomic E-state index is -0.229. The van der Waals surface area contributed by atoms with Gasteiger partial charge < -0.3 is 14.5 Å². The number of thioether (sulfide) groups is 1. The second kappa shape index (κ2) is 8.69. The summed E-state index contributed by atoms with van der Waals surface area (Å²) in [7, 11) is 0. The first-order chi connectivity index (χ1) is 14.2. The molecule has 4 rings (SSSR count). The van der Waals surface area contributed by atoms with Crippen molar-refractivity contribution in [1.29, 1.82) is 0 Å². The van der Waals surface area contributed by atoms with Gasteiger partial charge >= 0.3 is 0 Å². The normalized spacial score (nSPS) is 18.3. The Hall–Kier alpha value is -2.80. The Morgan fingerprint density at radius 3 is 2.52 bits per heavy atom. The molecule has 0 N–H and O–H groups in total. The predicted octanol–water partition coefficient (Wildman–Crippen LogP) is 4.02. The van der Waals surface area contributed by atoms with Gasteiger partial charge in [-0.15, -0.1) is 0 Å². The standard InChI is InChI=1S/C22H22FN3O2S/c1-2-28-19-10-6-3-7-16(19)15-20-21(27)24-22(29-20)26-13-11-25(12-14-26)18-9-5-4-8-17(18)23/h3-10,15H,2,11-14H2,1H3/b20-15-. The average Bonchev–Trinajstić information content (AvgIpc) is 3.10. The van der Waals surface area contributed by atoms with Crippen LogP contribution in [0.4, 0.5) is 10.1 Å². The summed E-state index contributed by atoms with van der Waals surface area (Å²) in [5.41, 5.74) is 1.49. The van der Waals surface area contributed by atoms with Crippen LogP contribution in [-0.2, 0) is 4.79 Å². The molecule has 0 unspecified atom stereocenters. The molecule has 1 saturated heterocycles. The SMILES string of the molecule is CCOc1ccccc1/C=C1\SC(N2CCN(c3ccccc3F)CC2)=NC1=O. The first-order valence-corrected chi connectivity index (χ1v) is 10.5. The fourth-order valence-electron chi connectivity index (χ4n) is 3.41. The average molecular weight is 412 g/mol. The lowest BCUT2D eigenvalue weighted by molar-refractivity contribution is -0.113. The second-order valence-electron chi connectivity index (χ2n) is 6.71. The van der Waals surface area contributed by atoms with Gasteiger partial charge in [-0.2, -0.15) is 4.99 Å². The predicted molar refractivity (Wildman–Crippen MR) is 116 cm³/mol. The number of benzene rings is 2. The molecule has 150 valence electrons. The van der Waals surface area contributed by atoms with E-state index < -0.39 is 0 Å². The van der Waals surface area contributed by atoms with Crippen molar-refractivity contribution in [1.82, 2.24) is 4.90 Å². The quantitative estimate of drug-likeness (QED) is 0.711. The number of carbonyl (C=O) groups excluding carboxylic acids is 1. The van der Waals surface area contributed by atoms with Gasteiger partial charge in [0.25, 0.3) is 5.91 Å². The van der Waals surface area contributed by atoms with E-state index >= 15 is 0 Å². The number of hydrogen-bond acceptors (Lipinski definition) is 5. The number of carbonyl (C=O) groups is 1. The third kappa shape index (κ3) is 4.29. The van der Waals surface area contributed by atoms with Gasteiger partial charge in [0.15, 0.2) is 5.17 Å². The van der Waals surface area contributed by atoms with Gasteiger partial charge in [-0.1, -0.05) is 30.3 Å². The van der Waals surface area contributed by atoms with Gasteiger partial charge in [-0.05, 0) is 43.0 Å². The van der Waals surface area contributed by atoms with Crippen molar-refractivity contribution in [2.75, 3.05) is 37.7 Å². The van der Waals surface area contributed by atoms with E-state index in [1.807, 2.05) is 48.2 Å². The van der Waals surface area contributed by atoms with Crippen LogP contribution >= 0.6 is 11.8 Å². The Morgan fingerprint density at radius 2 is 1.76 bits per heavy atom. The lowest BCUT2D eigenvalue weighted by atomic mass is 10.2. The molecule has 2 heterocycles. The van der Waals surface area contributed by atoms with Crippen molar-refractivity contribution in [3.8, 4) is 5.75 Å². The van der Waals surface area contributed by atoms with Crippen LogP contribution in [-0.4, -0.2) is 48.8 Å². The number of ether oxygens (including phenoxy) is 1. The molecule has 2 aliphatic rings. The Kier molecular flexibility index (Phi) is 5.85. The third-order valence-electron chi connectivity index (χ3n) is 4.86. The summed E-state index contributed by atoms with van der Waals surface area (Å²) in [4.78, 5) is 21.4. The Balaban J connectivity index is 1.43. The van der Waals surface area contributed by atoms with Crippen LogP contribution in [0.1, 0.15) is 12.5 Å². The number of piperazine rings is 1. The van der Waals surface area contributed by atoms with Gasteiger partial charge in [-0.25, -0.2) is 4.39 Å². The second-order valence-corrected chi connectivity index (χ2v) is 7.72. The van der Waals surface area contributed by atoms with Crippen molar-refractivity contribution >= 4 is 34.6 Å². The zero-order chi connectivity index (χ0) is 20.2. The molecule has 0 aliphatic carbocycles. The van der Waals surface area contributed by atoms with E-state index in [1.165, 1.54) is 17.8 Å². The molecular formula is C22H22FN3O2S. The molecular weight excluding hydrogens is 389 g/mol. The number of amidine groups is 1. The van der Waals surface area contributed by atoms with Gasteiger partial charge in [0, 0.05) is 31.7 Å². The number of amides is 1. The van der Waals surface area contributed by atoms with Crippen molar-refractivity contribution < 1.29 is 13.9 Å². The van der Waals surface area contributed by atoms with Gasteiger partial charge in [0.05, 0.1) is 17.2 Å². The molecule has 0 atom stereocenters. The lowest BCUT2D eigenvalue weighted by Gasteiger charge is -2.36. The van der Waals surface area contributed by atoms with Crippen LogP contribution in [0.15, 0.2) is 58.4 Å². The summed E-state index contributed by atoms with van der Waals surface area (Å²) in [5.74, 6) is 0.317. The van der Waals surface area contributed by atoms with Gasteiger partial charge in [0.1, 0.15) is 11.6 Å². The molecule has 5 nitrogen and oxygen atoms in total.